The van der Waals surface area contributed by atoms with E-state index in [1.54, 1.807) is 44.2 Å². The minimum absolute atomic E-state index is 0.131. The van der Waals surface area contributed by atoms with Gasteiger partial charge >= 0.3 is 0 Å². The van der Waals surface area contributed by atoms with E-state index in [-0.39, 0.29) is 11.6 Å². The molecule has 0 heterocycles. The number of Topliss-reactive ketones (excluding diaryl/α,β-unsaturated/α-hetero) is 1. The topological polar surface area (TPSA) is 26.3 Å². The molecule has 0 unspecified atom stereocenters. The van der Waals surface area contributed by atoms with Gasteiger partial charge in [0.05, 0.1) is 18.1 Å². The summed E-state index contributed by atoms with van der Waals surface area (Å²) in [6.45, 7) is 3.59. The molecule has 0 fully saturated rings. The summed E-state index contributed by atoms with van der Waals surface area (Å²) in [5.74, 6) is 0.00961. The minimum Gasteiger partial charge on any atom is -0.496 e. The number of halogens is 2. The minimum atomic E-state index is -0.814. The molecule has 2 aromatic carbocycles. The standard InChI is InChI=1S/C17H16ClFO2/c1-17(2,11-4-7-13(19)8-5-11)16(20)14-10-12(18)6-9-15(14)21-3/h4-10H,1-3H3. The van der Waals surface area contributed by atoms with Crippen molar-refractivity contribution in [1.29, 1.82) is 0 Å². The molecule has 4 heteroatoms. The van der Waals surface area contributed by atoms with Crippen LogP contribution in [0.15, 0.2) is 42.5 Å². The van der Waals surface area contributed by atoms with Crippen LogP contribution < -0.4 is 4.74 Å². The summed E-state index contributed by atoms with van der Waals surface area (Å²) in [4.78, 5) is 12.9. The van der Waals surface area contributed by atoms with Crippen LogP contribution in [-0.2, 0) is 5.41 Å². The Morgan fingerprint density at radius 3 is 2.33 bits per heavy atom. The van der Waals surface area contributed by atoms with Crippen LogP contribution in [0.25, 0.3) is 0 Å². The molecule has 0 aliphatic carbocycles. The van der Waals surface area contributed by atoms with Crippen LogP contribution in [0.1, 0.15) is 29.8 Å². The number of ketones is 1. The second-order valence-electron chi connectivity index (χ2n) is 5.31. The number of hydrogen-bond acceptors (Lipinski definition) is 2. The summed E-state index contributed by atoms with van der Waals surface area (Å²) in [5, 5.41) is 0.467. The average molecular weight is 307 g/mol. The van der Waals surface area contributed by atoms with Crippen molar-refractivity contribution in [3.05, 3.63) is 64.4 Å². The molecule has 21 heavy (non-hydrogen) atoms. The van der Waals surface area contributed by atoms with Crippen LogP contribution >= 0.6 is 11.6 Å². The van der Waals surface area contributed by atoms with Crippen LogP contribution in [0.4, 0.5) is 4.39 Å². The number of ether oxygens (including phenoxy) is 1. The third-order valence-corrected chi connectivity index (χ3v) is 3.77. The first-order valence-corrected chi connectivity index (χ1v) is 6.88. The zero-order chi connectivity index (χ0) is 15.6. The van der Waals surface area contributed by atoms with Crippen molar-refractivity contribution in [1.82, 2.24) is 0 Å². The van der Waals surface area contributed by atoms with Gasteiger partial charge in [-0.3, -0.25) is 4.79 Å². The van der Waals surface area contributed by atoms with Crippen molar-refractivity contribution in [2.75, 3.05) is 7.11 Å². The molecule has 2 rings (SSSR count). The van der Waals surface area contributed by atoms with Gasteiger partial charge < -0.3 is 4.74 Å². The van der Waals surface area contributed by atoms with Gasteiger partial charge in [-0.05, 0) is 49.7 Å². The number of rotatable bonds is 4. The quantitative estimate of drug-likeness (QED) is 0.769. The molecule has 2 nitrogen and oxygen atoms in total. The fourth-order valence-corrected chi connectivity index (χ4v) is 2.36. The van der Waals surface area contributed by atoms with Crippen LogP contribution in [0.2, 0.25) is 5.02 Å². The predicted molar refractivity (Wildman–Crippen MR) is 81.8 cm³/mol. The Morgan fingerprint density at radius 1 is 1.14 bits per heavy atom. The van der Waals surface area contributed by atoms with Crippen LogP contribution in [0, 0.1) is 5.82 Å². The van der Waals surface area contributed by atoms with Gasteiger partial charge in [-0.2, -0.15) is 0 Å². The van der Waals surface area contributed by atoms with Crippen molar-refractivity contribution >= 4 is 17.4 Å². The summed E-state index contributed by atoms with van der Waals surface area (Å²) >= 11 is 5.98. The lowest BCUT2D eigenvalue weighted by Crippen LogP contribution is -2.29. The first-order valence-electron chi connectivity index (χ1n) is 6.50. The third kappa shape index (κ3) is 3.08. The maximum atomic E-state index is 13.0. The molecule has 0 aliphatic heterocycles. The lowest BCUT2D eigenvalue weighted by atomic mass is 9.78. The average Bonchev–Trinajstić information content (AvgIpc) is 2.46. The van der Waals surface area contributed by atoms with Gasteiger partial charge in [-0.25, -0.2) is 4.39 Å². The van der Waals surface area contributed by atoms with Gasteiger partial charge in [0, 0.05) is 5.02 Å². The largest absolute Gasteiger partial charge is 0.496 e. The molecule has 0 atom stereocenters. The number of benzene rings is 2. The Balaban J connectivity index is 2.47. The molecule has 0 bridgehead atoms. The summed E-state index contributed by atoms with van der Waals surface area (Å²) in [5.41, 5.74) is 0.335. The monoisotopic (exact) mass is 306 g/mol. The smallest absolute Gasteiger partial charge is 0.176 e. The van der Waals surface area contributed by atoms with Crippen molar-refractivity contribution in [2.24, 2.45) is 0 Å². The molecule has 0 saturated heterocycles. The molecule has 2 aromatic rings. The van der Waals surface area contributed by atoms with E-state index in [0.717, 1.165) is 5.56 Å². The van der Waals surface area contributed by atoms with E-state index in [1.807, 2.05) is 0 Å². The molecule has 0 N–H and O–H groups in total. The Labute approximate surface area is 128 Å². The normalized spacial score (nSPS) is 11.3. The SMILES string of the molecule is COc1ccc(Cl)cc1C(=O)C(C)(C)c1ccc(F)cc1. The fraction of sp³-hybridized carbons (Fsp3) is 0.235. The van der Waals surface area contributed by atoms with E-state index in [4.69, 9.17) is 16.3 Å². The molecule has 0 aliphatic rings. The maximum absolute atomic E-state index is 13.0. The Bertz CT molecular complexity index is 663. The maximum Gasteiger partial charge on any atom is 0.176 e. The lowest BCUT2D eigenvalue weighted by Gasteiger charge is -2.24. The van der Waals surface area contributed by atoms with Crippen LogP contribution in [-0.4, -0.2) is 12.9 Å². The van der Waals surface area contributed by atoms with E-state index in [1.165, 1.54) is 19.2 Å². The van der Waals surface area contributed by atoms with Crippen LogP contribution in [0.5, 0.6) is 5.75 Å². The van der Waals surface area contributed by atoms with Crippen molar-refractivity contribution in [3.63, 3.8) is 0 Å². The molecule has 0 amide bonds. The van der Waals surface area contributed by atoms with Gasteiger partial charge in [0.1, 0.15) is 11.6 Å². The highest BCUT2D eigenvalue weighted by molar-refractivity contribution is 6.31. The van der Waals surface area contributed by atoms with Crippen molar-refractivity contribution < 1.29 is 13.9 Å². The van der Waals surface area contributed by atoms with Gasteiger partial charge in [-0.15, -0.1) is 0 Å². The predicted octanol–water partition coefficient (Wildman–Crippen LogP) is 4.65. The van der Waals surface area contributed by atoms with Gasteiger partial charge in [0.2, 0.25) is 0 Å². The number of carbonyl (C=O) groups is 1. The highest BCUT2D eigenvalue weighted by Gasteiger charge is 2.32. The molecule has 0 aromatic heterocycles. The molecular weight excluding hydrogens is 291 g/mol. The van der Waals surface area contributed by atoms with Gasteiger partial charge in [-0.1, -0.05) is 23.7 Å². The van der Waals surface area contributed by atoms with Gasteiger partial charge in [0.25, 0.3) is 0 Å². The van der Waals surface area contributed by atoms with E-state index < -0.39 is 5.41 Å². The second kappa shape index (κ2) is 5.86. The molecular formula is C17H16ClFO2. The number of carbonyl (C=O) groups excluding carboxylic acids is 1. The molecule has 0 saturated carbocycles. The Morgan fingerprint density at radius 2 is 1.76 bits per heavy atom. The van der Waals surface area contributed by atoms with Gasteiger partial charge in [0.15, 0.2) is 5.78 Å². The summed E-state index contributed by atoms with van der Waals surface area (Å²) in [6, 6.07) is 10.8. The third-order valence-electron chi connectivity index (χ3n) is 3.54. The molecule has 0 radical (unpaired) electrons. The summed E-state index contributed by atoms with van der Waals surface area (Å²) in [7, 11) is 1.50. The van der Waals surface area contributed by atoms with Crippen LogP contribution in [0.3, 0.4) is 0 Å². The van der Waals surface area contributed by atoms with E-state index in [0.29, 0.717) is 16.3 Å². The van der Waals surface area contributed by atoms with Crippen molar-refractivity contribution in [2.45, 2.75) is 19.3 Å². The highest BCUT2D eigenvalue weighted by Crippen LogP contribution is 2.32. The zero-order valence-electron chi connectivity index (χ0n) is 12.1. The van der Waals surface area contributed by atoms with Crippen molar-refractivity contribution in [3.8, 4) is 5.75 Å². The Hall–Kier alpha value is -1.87. The molecule has 0 spiro atoms. The number of methoxy groups -OCH3 is 1. The highest BCUT2D eigenvalue weighted by atomic mass is 35.5. The fourth-order valence-electron chi connectivity index (χ4n) is 2.19. The van der Waals surface area contributed by atoms with E-state index in [2.05, 4.69) is 0 Å². The van der Waals surface area contributed by atoms with E-state index in [9.17, 15) is 9.18 Å². The number of hydrogen-bond donors (Lipinski definition) is 0. The molecule has 110 valence electrons. The summed E-state index contributed by atoms with van der Waals surface area (Å²) in [6.07, 6.45) is 0. The first-order chi connectivity index (χ1) is 9.86. The Kier molecular flexibility index (Phi) is 4.33. The lowest BCUT2D eigenvalue weighted by molar-refractivity contribution is 0.0905. The van der Waals surface area contributed by atoms with E-state index >= 15 is 0 Å². The summed E-state index contributed by atoms with van der Waals surface area (Å²) < 4.78 is 18.3. The second-order valence-corrected chi connectivity index (χ2v) is 5.74. The first kappa shape index (κ1) is 15.5. The zero-order valence-corrected chi connectivity index (χ0v) is 12.9.